The van der Waals surface area contributed by atoms with Crippen LogP contribution < -0.4 is 0 Å². The summed E-state index contributed by atoms with van der Waals surface area (Å²) in [5.41, 5.74) is 2.48. The molecule has 1 saturated carbocycles. The number of aliphatic hydroxyl groups is 1. The van der Waals surface area contributed by atoms with Crippen molar-refractivity contribution in [3.63, 3.8) is 0 Å². The summed E-state index contributed by atoms with van der Waals surface area (Å²) in [6.07, 6.45) is 6.04. The van der Waals surface area contributed by atoms with Crippen molar-refractivity contribution >= 4 is 0 Å². The number of likely N-dealkylation sites (N-methyl/N-ethyl adjacent to an activating group) is 1. The molecular formula is C16H23NO. The van der Waals surface area contributed by atoms with Crippen molar-refractivity contribution in [1.82, 2.24) is 4.90 Å². The maximum Gasteiger partial charge on any atom is 0.0947 e. The summed E-state index contributed by atoms with van der Waals surface area (Å²) < 4.78 is 0. The van der Waals surface area contributed by atoms with Crippen LogP contribution in [0.2, 0.25) is 0 Å². The number of rotatable bonds is 3. The topological polar surface area (TPSA) is 23.5 Å². The fraction of sp³-hybridized carbons (Fsp3) is 0.625. The second kappa shape index (κ2) is 5.02. The highest BCUT2D eigenvalue weighted by atomic mass is 16.3. The van der Waals surface area contributed by atoms with Gasteiger partial charge in [-0.1, -0.05) is 30.7 Å². The molecule has 2 heteroatoms. The summed E-state index contributed by atoms with van der Waals surface area (Å²) in [5, 5.41) is 10.6. The molecule has 2 nitrogen and oxygen atoms in total. The first-order valence-corrected chi connectivity index (χ1v) is 7.22. The smallest absolute Gasteiger partial charge is 0.0947 e. The molecule has 3 rings (SSSR count). The Bertz CT molecular complexity index is 413. The van der Waals surface area contributed by atoms with Crippen LogP contribution in [0.4, 0.5) is 0 Å². The Morgan fingerprint density at radius 1 is 1.22 bits per heavy atom. The number of nitrogens with zero attached hydrogens (tertiary/aromatic N) is 1. The first kappa shape index (κ1) is 12.2. The van der Waals surface area contributed by atoms with Crippen molar-refractivity contribution in [1.29, 1.82) is 0 Å². The largest absolute Gasteiger partial charge is 0.387 e. The van der Waals surface area contributed by atoms with E-state index in [-0.39, 0.29) is 6.10 Å². The van der Waals surface area contributed by atoms with E-state index in [4.69, 9.17) is 0 Å². The van der Waals surface area contributed by atoms with Crippen LogP contribution in [0.1, 0.15) is 42.9 Å². The first-order chi connectivity index (χ1) is 8.75. The van der Waals surface area contributed by atoms with Crippen molar-refractivity contribution in [2.75, 3.05) is 13.6 Å². The molecule has 1 aromatic carbocycles. The number of aliphatic hydroxyl groups excluding tert-OH is 1. The first-order valence-electron chi connectivity index (χ1n) is 7.22. The van der Waals surface area contributed by atoms with Gasteiger partial charge in [0.05, 0.1) is 6.10 Å². The van der Waals surface area contributed by atoms with Crippen molar-refractivity contribution < 1.29 is 5.11 Å². The highest BCUT2D eigenvalue weighted by Gasteiger charge is 2.32. The number of fused-ring (bicyclic) bond motifs is 1. The predicted molar refractivity (Wildman–Crippen MR) is 73.5 cm³/mol. The van der Waals surface area contributed by atoms with E-state index in [2.05, 4.69) is 30.1 Å². The lowest BCUT2D eigenvalue weighted by molar-refractivity contribution is 0.0350. The number of aryl methyl sites for hydroxylation is 1. The zero-order valence-electron chi connectivity index (χ0n) is 11.2. The number of benzene rings is 1. The molecule has 0 radical (unpaired) electrons. The molecule has 0 aromatic heterocycles. The summed E-state index contributed by atoms with van der Waals surface area (Å²) in [6.45, 7) is 1.16. The lowest BCUT2D eigenvalue weighted by Gasteiger charge is -2.39. The maximum absolute atomic E-state index is 10.6. The van der Waals surface area contributed by atoms with Gasteiger partial charge in [-0.3, -0.25) is 0 Å². The molecule has 0 heterocycles. The Balaban J connectivity index is 1.71. The quantitative estimate of drug-likeness (QED) is 0.885. The molecule has 1 aromatic rings. The molecular weight excluding hydrogens is 222 g/mol. The van der Waals surface area contributed by atoms with Crippen LogP contribution in [0.15, 0.2) is 24.3 Å². The van der Waals surface area contributed by atoms with Crippen LogP contribution in [-0.2, 0) is 6.42 Å². The van der Waals surface area contributed by atoms with Crippen LogP contribution >= 0.6 is 0 Å². The molecule has 1 N–H and O–H groups in total. The third kappa shape index (κ3) is 2.19. The molecule has 2 aliphatic carbocycles. The third-order valence-electron chi connectivity index (χ3n) is 4.78. The zero-order valence-corrected chi connectivity index (χ0v) is 11.2. The molecule has 0 aliphatic heterocycles. The van der Waals surface area contributed by atoms with E-state index in [1.54, 1.807) is 0 Å². The lowest BCUT2D eigenvalue weighted by Crippen LogP contribution is -2.43. The van der Waals surface area contributed by atoms with Crippen LogP contribution in [-0.4, -0.2) is 29.6 Å². The van der Waals surface area contributed by atoms with Crippen molar-refractivity contribution in [2.45, 2.75) is 44.2 Å². The Labute approximate surface area is 110 Å². The summed E-state index contributed by atoms with van der Waals surface area (Å²) in [5.74, 6) is 0.874. The molecule has 0 bridgehead atoms. The minimum atomic E-state index is -0.306. The fourth-order valence-corrected chi connectivity index (χ4v) is 3.40. The highest BCUT2D eigenvalue weighted by molar-refractivity contribution is 5.32. The van der Waals surface area contributed by atoms with Gasteiger partial charge in [0, 0.05) is 12.6 Å². The molecule has 2 atom stereocenters. The number of hydrogen-bond acceptors (Lipinski definition) is 2. The molecule has 0 amide bonds. The highest BCUT2D eigenvalue weighted by Crippen LogP contribution is 2.34. The van der Waals surface area contributed by atoms with Crippen LogP contribution in [0.3, 0.4) is 0 Å². The van der Waals surface area contributed by atoms with Gasteiger partial charge in [0.1, 0.15) is 0 Å². The second-order valence-corrected chi connectivity index (χ2v) is 5.99. The van der Waals surface area contributed by atoms with E-state index >= 15 is 0 Å². The van der Waals surface area contributed by atoms with Crippen LogP contribution in [0, 0.1) is 5.92 Å². The fourth-order valence-electron chi connectivity index (χ4n) is 3.40. The average Bonchev–Trinajstić information content (AvgIpc) is 2.34. The molecule has 1 fully saturated rings. The van der Waals surface area contributed by atoms with Gasteiger partial charge in [-0.05, 0) is 49.8 Å². The van der Waals surface area contributed by atoms with Gasteiger partial charge in [0.25, 0.3) is 0 Å². The third-order valence-corrected chi connectivity index (χ3v) is 4.78. The second-order valence-electron chi connectivity index (χ2n) is 5.99. The van der Waals surface area contributed by atoms with E-state index in [1.165, 1.54) is 24.8 Å². The molecule has 2 unspecified atom stereocenters. The van der Waals surface area contributed by atoms with Crippen molar-refractivity contribution in [3.05, 3.63) is 35.4 Å². The van der Waals surface area contributed by atoms with Gasteiger partial charge in [-0.25, -0.2) is 0 Å². The molecule has 0 spiro atoms. The minimum Gasteiger partial charge on any atom is -0.387 e. The van der Waals surface area contributed by atoms with Gasteiger partial charge in [0.15, 0.2) is 0 Å². The Morgan fingerprint density at radius 3 is 2.72 bits per heavy atom. The van der Waals surface area contributed by atoms with Gasteiger partial charge < -0.3 is 10.0 Å². The van der Waals surface area contributed by atoms with Gasteiger partial charge >= 0.3 is 0 Å². The Kier molecular flexibility index (Phi) is 3.40. The monoisotopic (exact) mass is 245 g/mol. The van der Waals surface area contributed by atoms with Gasteiger partial charge in [-0.2, -0.15) is 0 Å². The van der Waals surface area contributed by atoms with Gasteiger partial charge in [-0.15, -0.1) is 0 Å². The Hall–Kier alpha value is -0.860. The van der Waals surface area contributed by atoms with E-state index in [1.807, 2.05) is 6.07 Å². The zero-order chi connectivity index (χ0) is 12.5. The maximum atomic E-state index is 10.6. The standard InChI is InChI=1S/C16H23NO/c1-17(11-12-5-4-6-12)15-10-9-13-7-2-3-8-14(13)16(15)18/h2-3,7-8,12,15-16,18H,4-6,9-11H2,1H3. The van der Waals surface area contributed by atoms with Crippen molar-refractivity contribution in [3.8, 4) is 0 Å². The lowest BCUT2D eigenvalue weighted by atomic mass is 9.82. The van der Waals surface area contributed by atoms with E-state index in [0.29, 0.717) is 6.04 Å². The van der Waals surface area contributed by atoms with Crippen molar-refractivity contribution in [2.24, 2.45) is 5.92 Å². The van der Waals surface area contributed by atoms with E-state index in [9.17, 15) is 5.11 Å². The normalized spacial score (nSPS) is 27.9. The molecule has 0 saturated heterocycles. The van der Waals surface area contributed by atoms with Crippen LogP contribution in [0.25, 0.3) is 0 Å². The van der Waals surface area contributed by atoms with E-state index in [0.717, 1.165) is 30.9 Å². The molecule has 2 aliphatic rings. The number of hydrogen-bond donors (Lipinski definition) is 1. The average molecular weight is 245 g/mol. The summed E-state index contributed by atoms with van der Waals surface area (Å²) >= 11 is 0. The SMILES string of the molecule is CN(CC1CCC1)C1CCc2ccccc2C1O. The van der Waals surface area contributed by atoms with E-state index < -0.39 is 0 Å². The Morgan fingerprint density at radius 2 is 2.00 bits per heavy atom. The summed E-state index contributed by atoms with van der Waals surface area (Å²) in [7, 11) is 2.18. The predicted octanol–water partition coefficient (Wildman–Crippen LogP) is 2.77. The molecule has 18 heavy (non-hydrogen) atoms. The van der Waals surface area contributed by atoms with Gasteiger partial charge in [0.2, 0.25) is 0 Å². The summed E-state index contributed by atoms with van der Waals surface area (Å²) in [4.78, 5) is 2.39. The summed E-state index contributed by atoms with van der Waals surface area (Å²) in [6, 6.07) is 8.66. The van der Waals surface area contributed by atoms with Crippen LogP contribution in [0.5, 0.6) is 0 Å². The minimum absolute atomic E-state index is 0.306. The molecule has 98 valence electrons.